The third-order valence-corrected chi connectivity index (χ3v) is 4.93. The van der Waals surface area contributed by atoms with Crippen LogP contribution in [0.4, 0.5) is 11.9 Å². The average Bonchev–Trinajstić information content (AvgIpc) is 2.66. The Morgan fingerprint density at radius 3 is 2.39 bits per heavy atom. The molecule has 0 aliphatic rings. The Balaban J connectivity index is 2.26. The zero-order valence-electron chi connectivity index (χ0n) is 18.7. The molecule has 11 heteroatoms. The molecule has 2 aromatic rings. The van der Waals surface area contributed by atoms with E-state index in [0.29, 0.717) is 37.1 Å². The molecule has 0 bridgehead atoms. The molecule has 0 radical (unpaired) electrons. The molecule has 0 aliphatic heterocycles. The van der Waals surface area contributed by atoms with E-state index < -0.39 is 10.0 Å². The van der Waals surface area contributed by atoms with Gasteiger partial charge in [0.1, 0.15) is 5.82 Å². The Labute approximate surface area is 184 Å². The molecule has 0 saturated heterocycles. The van der Waals surface area contributed by atoms with Crippen molar-refractivity contribution in [1.29, 1.82) is 0 Å². The molecule has 2 atom stereocenters. The topological polar surface area (TPSA) is 139 Å². The van der Waals surface area contributed by atoms with Gasteiger partial charge in [-0.25, -0.2) is 13.4 Å². The minimum atomic E-state index is -3.56. The van der Waals surface area contributed by atoms with Crippen molar-refractivity contribution < 1.29 is 18.3 Å². The second kappa shape index (κ2) is 11.2. The van der Waals surface area contributed by atoms with E-state index in [4.69, 9.17) is 4.74 Å². The number of aromatic nitrogens is 4. The molecule has 2 heterocycles. The van der Waals surface area contributed by atoms with E-state index in [1.165, 1.54) is 0 Å². The smallest absolute Gasteiger partial charge is 0.241 e. The van der Waals surface area contributed by atoms with E-state index in [1.54, 1.807) is 6.20 Å². The monoisotopic (exact) mass is 452 g/mol. The lowest BCUT2D eigenvalue weighted by atomic mass is 9.99. The summed E-state index contributed by atoms with van der Waals surface area (Å²) in [5, 5.41) is 12.7. The molecule has 31 heavy (non-hydrogen) atoms. The van der Waals surface area contributed by atoms with Crippen molar-refractivity contribution in [2.24, 2.45) is 5.92 Å². The highest BCUT2D eigenvalue weighted by Crippen LogP contribution is 2.21. The summed E-state index contributed by atoms with van der Waals surface area (Å²) in [4.78, 5) is 17.2. The summed E-state index contributed by atoms with van der Waals surface area (Å²) in [6.45, 7) is 8.45. The molecule has 172 valence electrons. The Hall–Kier alpha value is -2.53. The summed E-state index contributed by atoms with van der Waals surface area (Å²) in [6.07, 6.45) is 3.93. The largest absolute Gasteiger partial charge is 0.478 e. The Bertz CT molecular complexity index is 937. The number of aliphatic hydroxyl groups excluding tert-OH is 1. The third-order valence-electron chi connectivity index (χ3n) is 4.38. The fraction of sp³-hybridized carbons (Fsp3) is 0.600. The van der Waals surface area contributed by atoms with Crippen LogP contribution < -0.4 is 14.8 Å². The molecule has 0 aliphatic carbocycles. The van der Waals surface area contributed by atoms with Gasteiger partial charge in [0.15, 0.2) is 0 Å². The lowest BCUT2D eigenvalue weighted by molar-refractivity contribution is 0.259. The van der Waals surface area contributed by atoms with E-state index in [-0.39, 0.29) is 30.5 Å². The minimum absolute atomic E-state index is 0.0220. The van der Waals surface area contributed by atoms with Crippen molar-refractivity contribution in [3.05, 3.63) is 29.7 Å². The van der Waals surface area contributed by atoms with Crippen molar-refractivity contribution >= 4 is 21.9 Å². The fourth-order valence-corrected chi connectivity index (χ4v) is 3.45. The summed E-state index contributed by atoms with van der Waals surface area (Å²) in [5.41, 5.74) is 0.976. The number of nitrogens with zero attached hydrogens (tertiary/aromatic N) is 4. The maximum absolute atomic E-state index is 11.7. The lowest BCUT2D eigenvalue weighted by Gasteiger charge is -2.19. The van der Waals surface area contributed by atoms with Crippen molar-refractivity contribution in [3.8, 4) is 5.88 Å². The predicted molar refractivity (Wildman–Crippen MR) is 120 cm³/mol. The second-order valence-corrected chi connectivity index (χ2v) is 9.64. The molecule has 0 aromatic carbocycles. The first-order valence-electron chi connectivity index (χ1n) is 10.3. The van der Waals surface area contributed by atoms with Crippen LogP contribution in [0.1, 0.15) is 51.4 Å². The van der Waals surface area contributed by atoms with E-state index in [1.807, 2.05) is 39.8 Å². The second-order valence-electron chi connectivity index (χ2n) is 7.89. The van der Waals surface area contributed by atoms with Gasteiger partial charge >= 0.3 is 0 Å². The van der Waals surface area contributed by atoms with Gasteiger partial charge in [0.05, 0.1) is 25.5 Å². The Morgan fingerprint density at radius 1 is 1.13 bits per heavy atom. The SMILES string of the molecule is CCOc1ccc(C(C)Cc2nc(N[C@@H](CO)CC(C)C)nc(NS(C)(=O)=O)n2)cn1. The van der Waals surface area contributed by atoms with Crippen molar-refractivity contribution in [1.82, 2.24) is 19.9 Å². The molecule has 2 rings (SSSR count). The van der Waals surface area contributed by atoms with Crippen molar-refractivity contribution in [2.75, 3.05) is 29.5 Å². The maximum Gasteiger partial charge on any atom is 0.241 e. The van der Waals surface area contributed by atoms with E-state index >= 15 is 0 Å². The molecule has 10 nitrogen and oxygen atoms in total. The molecule has 0 spiro atoms. The number of pyridine rings is 1. The Morgan fingerprint density at radius 2 is 1.84 bits per heavy atom. The zero-order valence-corrected chi connectivity index (χ0v) is 19.5. The zero-order chi connectivity index (χ0) is 23.0. The highest BCUT2D eigenvalue weighted by Gasteiger charge is 2.17. The number of sulfonamides is 1. The van der Waals surface area contributed by atoms with Gasteiger partial charge in [0.2, 0.25) is 27.8 Å². The number of ether oxygens (including phenoxy) is 1. The molecule has 0 saturated carbocycles. The van der Waals surface area contributed by atoms with Gasteiger partial charge in [-0.05, 0) is 30.7 Å². The van der Waals surface area contributed by atoms with Crippen LogP contribution in [0.5, 0.6) is 5.88 Å². The van der Waals surface area contributed by atoms with E-state index in [2.05, 4.69) is 30.0 Å². The number of anilines is 2. The summed E-state index contributed by atoms with van der Waals surface area (Å²) in [7, 11) is -3.56. The number of aliphatic hydroxyl groups is 1. The van der Waals surface area contributed by atoms with Crippen molar-refractivity contribution in [2.45, 2.75) is 52.5 Å². The van der Waals surface area contributed by atoms with Gasteiger partial charge in [-0.1, -0.05) is 26.8 Å². The quantitative estimate of drug-likeness (QED) is 0.442. The van der Waals surface area contributed by atoms with Crippen LogP contribution >= 0.6 is 0 Å². The number of hydrogen-bond donors (Lipinski definition) is 3. The lowest BCUT2D eigenvalue weighted by Crippen LogP contribution is -2.27. The van der Waals surface area contributed by atoms with Gasteiger partial charge in [0, 0.05) is 18.7 Å². The van der Waals surface area contributed by atoms with Gasteiger partial charge in [-0.2, -0.15) is 15.0 Å². The molecule has 0 fully saturated rings. The van der Waals surface area contributed by atoms with Crippen LogP contribution in [0.15, 0.2) is 18.3 Å². The van der Waals surface area contributed by atoms with Crippen LogP contribution in [-0.4, -0.2) is 59.0 Å². The van der Waals surface area contributed by atoms with Crippen LogP contribution in [0.2, 0.25) is 0 Å². The van der Waals surface area contributed by atoms with Crippen LogP contribution in [0, 0.1) is 5.92 Å². The minimum Gasteiger partial charge on any atom is -0.478 e. The first-order chi connectivity index (χ1) is 14.6. The van der Waals surface area contributed by atoms with E-state index in [9.17, 15) is 13.5 Å². The maximum atomic E-state index is 11.7. The molecule has 1 unspecified atom stereocenters. The number of nitrogens with one attached hydrogen (secondary N) is 2. The summed E-state index contributed by atoms with van der Waals surface area (Å²) in [6, 6.07) is 3.49. The fourth-order valence-electron chi connectivity index (χ4n) is 3.03. The molecule has 0 amide bonds. The van der Waals surface area contributed by atoms with Crippen molar-refractivity contribution in [3.63, 3.8) is 0 Å². The first-order valence-corrected chi connectivity index (χ1v) is 12.2. The van der Waals surface area contributed by atoms with Crippen LogP contribution in [-0.2, 0) is 16.4 Å². The average molecular weight is 453 g/mol. The van der Waals surface area contributed by atoms with Gasteiger partial charge in [-0.15, -0.1) is 0 Å². The van der Waals surface area contributed by atoms with Gasteiger partial charge in [0.25, 0.3) is 0 Å². The van der Waals surface area contributed by atoms with Crippen LogP contribution in [0.3, 0.4) is 0 Å². The van der Waals surface area contributed by atoms with E-state index in [0.717, 1.165) is 11.8 Å². The highest BCUT2D eigenvalue weighted by atomic mass is 32.2. The van der Waals surface area contributed by atoms with Crippen LogP contribution in [0.25, 0.3) is 0 Å². The van der Waals surface area contributed by atoms with Gasteiger partial charge in [-0.3, -0.25) is 4.72 Å². The molecule has 3 N–H and O–H groups in total. The standard InChI is InChI=1S/C20H32N6O4S/c1-6-30-18-8-7-15(11-21-18)14(4)10-17-23-19(22-16(12-27)9-13(2)3)25-20(24-17)26-31(5,28)29/h7-8,11,13-14,16,27H,6,9-10,12H2,1-5H3,(H2,22,23,24,25,26)/t14?,16-/m1/s1. The first kappa shape index (κ1) is 24.7. The number of hydrogen-bond acceptors (Lipinski definition) is 9. The number of rotatable bonds is 12. The normalized spacial score (nSPS) is 13.6. The summed E-state index contributed by atoms with van der Waals surface area (Å²) >= 11 is 0. The third kappa shape index (κ3) is 8.62. The molecule has 2 aromatic heterocycles. The highest BCUT2D eigenvalue weighted by molar-refractivity contribution is 7.91. The summed E-state index contributed by atoms with van der Waals surface area (Å²) < 4.78 is 31.0. The van der Waals surface area contributed by atoms with Gasteiger partial charge < -0.3 is 15.2 Å². The molecular formula is C20H32N6O4S. The molecular weight excluding hydrogens is 420 g/mol. The predicted octanol–water partition coefficient (Wildman–Crippen LogP) is 2.20. The summed E-state index contributed by atoms with van der Waals surface area (Å²) in [5.74, 6) is 1.51. The Kier molecular flexibility index (Phi) is 8.93.